The van der Waals surface area contributed by atoms with Crippen molar-refractivity contribution in [3.8, 4) is 5.75 Å². The van der Waals surface area contributed by atoms with Crippen molar-refractivity contribution in [3.05, 3.63) is 29.8 Å². The highest BCUT2D eigenvalue weighted by Gasteiger charge is 2.02. The summed E-state index contributed by atoms with van der Waals surface area (Å²) in [6, 6.07) is 7.92. The maximum absolute atomic E-state index is 11.2. The Hall–Kier alpha value is -1.51. The van der Waals surface area contributed by atoms with Crippen LogP contribution in [0, 0.1) is 0 Å². The number of aryl methyl sites for hydroxylation is 1. The van der Waals surface area contributed by atoms with Crippen LogP contribution in [-0.4, -0.2) is 19.1 Å². The third-order valence-electron chi connectivity index (χ3n) is 2.31. The van der Waals surface area contributed by atoms with Crippen molar-refractivity contribution in [2.45, 2.75) is 26.7 Å². The molecular weight excluding hydrogens is 202 g/mol. The van der Waals surface area contributed by atoms with Crippen LogP contribution in [0.2, 0.25) is 0 Å². The Balaban J connectivity index is 2.39. The van der Waals surface area contributed by atoms with E-state index in [1.54, 1.807) is 0 Å². The molecule has 0 aliphatic carbocycles. The van der Waals surface area contributed by atoms with E-state index in [9.17, 15) is 4.79 Å². The SMILES string of the molecule is CCNC(=O)CCOc1ccccc1CC. The van der Waals surface area contributed by atoms with E-state index in [2.05, 4.69) is 12.2 Å². The Morgan fingerprint density at radius 1 is 1.31 bits per heavy atom. The first-order chi connectivity index (χ1) is 7.77. The van der Waals surface area contributed by atoms with Crippen LogP contribution in [0.25, 0.3) is 0 Å². The van der Waals surface area contributed by atoms with Crippen molar-refractivity contribution in [3.63, 3.8) is 0 Å². The van der Waals surface area contributed by atoms with Crippen LogP contribution in [0.4, 0.5) is 0 Å². The zero-order chi connectivity index (χ0) is 11.8. The van der Waals surface area contributed by atoms with Gasteiger partial charge in [0.1, 0.15) is 5.75 Å². The fourth-order valence-corrected chi connectivity index (χ4v) is 1.48. The molecule has 0 saturated heterocycles. The van der Waals surface area contributed by atoms with Crippen LogP contribution in [0.15, 0.2) is 24.3 Å². The summed E-state index contributed by atoms with van der Waals surface area (Å²) in [5.74, 6) is 0.922. The van der Waals surface area contributed by atoms with Crippen LogP contribution < -0.4 is 10.1 Å². The molecule has 0 radical (unpaired) electrons. The average molecular weight is 221 g/mol. The quantitative estimate of drug-likeness (QED) is 0.799. The maximum Gasteiger partial charge on any atom is 0.223 e. The lowest BCUT2D eigenvalue weighted by Gasteiger charge is -2.09. The first-order valence-electron chi connectivity index (χ1n) is 5.75. The van der Waals surface area contributed by atoms with Gasteiger partial charge in [-0.3, -0.25) is 4.79 Å². The molecule has 0 bridgehead atoms. The first kappa shape index (κ1) is 12.6. The maximum atomic E-state index is 11.2. The molecule has 0 aliphatic heterocycles. The monoisotopic (exact) mass is 221 g/mol. The van der Waals surface area contributed by atoms with E-state index in [0.29, 0.717) is 19.6 Å². The number of carbonyl (C=O) groups is 1. The van der Waals surface area contributed by atoms with Gasteiger partial charge in [-0.05, 0) is 25.0 Å². The van der Waals surface area contributed by atoms with Crippen LogP contribution >= 0.6 is 0 Å². The van der Waals surface area contributed by atoms with Gasteiger partial charge in [-0.25, -0.2) is 0 Å². The molecule has 1 aromatic rings. The number of hydrogen-bond donors (Lipinski definition) is 1. The van der Waals surface area contributed by atoms with Crippen molar-refractivity contribution in [2.75, 3.05) is 13.2 Å². The van der Waals surface area contributed by atoms with Crippen LogP contribution in [0.3, 0.4) is 0 Å². The van der Waals surface area contributed by atoms with Crippen LogP contribution in [0.5, 0.6) is 5.75 Å². The molecule has 16 heavy (non-hydrogen) atoms. The second kappa shape index (κ2) is 6.88. The highest BCUT2D eigenvalue weighted by atomic mass is 16.5. The van der Waals surface area contributed by atoms with Crippen LogP contribution in [0.1, 0.15) is 25.8 Å². The summed E-state index contributed by atoms with van der Waals surface area (Å²) >= 11 is 0. The smallest absolute Gasteiger partial charge is 0.223 e. The number of amides is 1. The minimum absolute atomic E-state index is 0.0384. The number of rotatable bonds is 6. The lowest BCUT2D eigenvalue weighted by Crippen LogP contribution is -2.24. The Kier molecular flexibility index (Phi) is 5.40. The molecule has 0 spiro atoms. The molecule has 3 nitrogen and oxygen atoms in total. The highest BCUT2D eigenvalue weighted by Crippen LogP contribution is 2.18. The number of para-hydroxylation sites is 1. The van der Waals surface area contributed by atoms with Crippen LogP contribution in [-0.2, 0) is 11.2 Å². The fraction of sp³-hybridized carbons (Fsp3) is 0.462. The summed E-state index contributed by atoms with van der Waals surface area (Å²) in [4.78, 5) is 11.2. The summed E-state index contributed by atoms with van der Waals surface area (Å²) < 4.78 is 5.58. The average Bonchev–Trinajstić information content (AvgIpc) is 2.30. The Labute approximate surface area is 96.8 Å². The summed E-state index contributed by atoms with van der Waals surface area (Å²) in [6.07, 6.45) is 1.35. The molecule has 0 saturated carbocycles. The molecule has 1 aromatic carbocycles. The molecule has 0 unspecified atom stereocenters. The molecule has 0 fully saturated rings. The van der Waals surface area contributed by atoms with E-state index in [4.69, 9.17) is 4.74 Å². The van der Waals surface area contributed by atoms with Crippen molar-refractivity contribution in [2.24, 2.45) is 0 Å². The molecular formula is C13H19NO2. The van der Waals surface area contributed by atoms with E-state index >= 15 is 0 Å². The summed E-state index contributed by atoms with van der Waals surface area (Å²) in [5.41, 5.74) is 1.18. The Bertz CT molecular complexity index is 336. The number of carbonyl (C=O) groups excluding carboxylic acids is 1. The van der Waals surface area contributed by atoms with E-state index in [0.717, 1.165) is 12.2 Å². The van der Waals surface area contributed by atoms with Gasteiger partial charge in [0.05, 0.1) is 13.0 Å². The molecule has 1 N–H and O–H groups in total. The fourth-order valence-electron chi connectivity index (χ4n) is 1.48. The number of hydrogen-bond acceptors (Lipinski definition) is 2. The highest BCUT2D eigenvalue weighted by molar-refractivity contribution is 5.75. The molecule has 0 aliphatic rings. The minimum atomic E-state index is 0.0384. The normalized spacial score (nSPS) is 9.88. The van der Waals surface area contributed by atoms with E-state index in [1.165, 1.54) is 5.56 Å². The molecule has 3 heteroatoms. The lowest BCUT2D eigenvalue weighted by atomic mass is 10.1. The second-order valence-electron chi connectivity index (χ2n) is 3.51. The van der Waals surface area contributed by atoms with Gasteiger partial charge in [-0.1, -0.05) is 25.1 Å². The van der Waals surface area contributed by atoms with Gasteiger partial charge in [-0.2, -0.15) is 0 Å². The molecule has 0 heterocycles. The molecule has 1 rings (SSSR count). The summed E-state index contributed by atoms with van der Waals surface area (Å²) in [6.45, 7) is 5.10. The zero-order valence-corrected chi connectivity index (χ0v) is 9.95. The Morgan fingerprint density at radius 3 is 2.75 bits per heavy atom. The summed E-state index contributed by atoms with van der Waals surface area (Å²) in [5, 5.41) is 2.74. The van der Waals surface area contributed by atoms with Crippen molar-refractivity contribution in [1.82, 2.24) is 5.32 Å². The topological polar surface area (TPSA) is 38.3 Å². The van der Waals surface area contributed by atoms with E-state index < -0.39 is 0 Å². The zero-order valence-electron chi connectivity index (χ0n) is 9.95. The number of nitrogens with one attached hydrogen (secondary N) is 1. The van der Waals surface area contributed by atoms with Gasteiger partial charge in [0.25, 0.3) is 0 Å². The molecule has 1 amide bonds. The number of ether oxygens (including phenoxy) is 1. The van der Waals surface area contributed by atoms with E-state index in [-0.39, 0.29) is 5.91 Å². The van der Waals surface area contributed by atoms with Gasteiger partial charge >= 0.3 is 0 Å². The van der Waals surface area contributed by atoms with Gasteiger partial charge in [0, 0.05) is 6.54 Å². The van der Waals surface area contributed by atoms with Crippen molar-refractivity contribution in [1.29, 1.82) is 0 Å². The molecule has 0 aromatic heterocycles. The molecule has 0 atom stereocenters. The van der Waals surface area contributed by atoms with Crippen molar-refractivity contribution < 1.29 is 9.53 Å². The number of benzene rings is 1. The van der Waals surface area contributed by atoms with Gasteiger partial charge in [-0.15, -0.1) is 0 Å². The summed E-state index contributed by atoms with van der Waals surface area (Å²) in [7, 11) is 0. The lowest BCUT2D eigenvalue weighted by molar-refractivity contribution is -0.121. The van der Waals surface area contributed by atoms with E-state index in [1.807, 2.05) is 31.2 Å². The predicted molar refractivity (Wildman–Crippen MR) is 64.6 cm³/mol. The Morgan fingerprint density at radius 2 is 2.06 bits per heavy atom. The van der Waals surface area contributed by atoms with Gasteiger partial charge in [0.2, 0.25) is 5.91 Å². The largest absolute Gasteiger partial charge is 0.493 e. The standard InChI is InChI=1S/C13H19NO2/c1-3-11-7-5-6-8-12(11)16-10-9-13(15)14-4-2/h5-8H,3-4,9-10H2,1-2H3,(H,14,15). The first-order valence-corrected chi connectivity index (χ1v) is 5.75. The predicted octanol–water partition coefficient (Wildman–Crippen LogP) is 2.15. The second-order valence-corrected chi connectivity index (χ2v) is 3.51. The van der Waals surface area contributed by atoms with Gasteiger partial charge < -0.3 is 10.1 Å². The van der Waals surface area contributed by atoms with Gasteiger partial charge in [0.15, 0.2) is 0 Å². The minimum Gasteiger partial charge on any atom is -0.493 e. The third-order valence-corrected chi connectivity index (χ3v) is 2.31. The molecule has 88 valence electrons. The third kappa shape index (κ3) is 3.93. The van der Waals surface area contributed by atoms with Crippen molar-refractivity contribution >= 4 is 5.91 Å².